The third-order valence-corrected chi connectivity index (χ3v) is 5.37. The van der Waals surface area contributed by atoms with Gasteiger partial charge >= 0.3 is 18.2 Å². The molecule has 0 aliphatic heterocycles. The zero-order chi connectivity index (χ0) is 25.8. The molecule has 0 saturated heterocycles. The molecule has 2 amide bonds. The molecule has 12 heteroatoms. The summed E-state index contributed by atoms with van der Waals surface area (Å²) < 4.78 is 39.6. The fourth-order valence-electron chi connectivity index (χ4n) is 3.26. The molecule has 0 fully saturated rings. The lowest BCUT2D eigenvalue weighted by Gasteiger charge is -2.19. The molecule has 0 aliphatic carbocycles. The van der Waals surface area contributed by atoms with Gasteiger partial charge in [-0.25, -0.2) is 4.79 Å². The number of hydrogen-bond acceptors (Lipinski definition) is 4. The fraction of sp³-hybridized carbons (Fsp3) is 0.174. The minimum absolute atomic E-state index is 0.0439. The first-order valence-electron chi connectivity index (χ1n) is 10.1. The summed E-state index contributed by atoms with van der Waals surface area (Å²) in [6.45, 7) is 0.0439. The van der Waals surface area contributed by atoms with E-state index in [1.54, 1.807) is 24.3 Å². The van der Waals surface area contributed by atoms with Crippen molar-refractivity contribution in [3.05, 3.63) is 92.9 Å². The number of carbonyl (C=O) groups is 2. The Bertz CT molecular complexity index is 1290. The maximum absolute atomic E-state index is 12.8. The minimum Gasteiger partial charge on any atom is -0.505 e. The number of carboxylic acids is 1. The van der Waals surface area contributed by atoms with Gasteiger partial charge < -0.3 is 25.4 Å². The summed E-state index contributed by atoms with van der Waals surface area (Å²) in [7, 11) is 0. The van der Waals surface area contributed by atoms with Crippen LogP contribution < -0.4 is 16.2 Å². The Balaban J connectivity index is 1.81. The third-order valence-electron chi connectivity index (χ3n) is 5.00. The Morgan fingerprint density at radius 1 is 1.06 bits per heavy atom. The number of benzene rings is 2. The molecule has 0 aliphatic rings. The lowest BCUT2D eigenvalue weighted by molar-refractivity contribution is -0.138. The Morgan fingerprint density at radius 3 is 2.31 bits per heavy atom. The standard InChI is InChI=1S/C23H19ClF3N3O5/c24-16-4-2-1-3-14(16)12-30-10-9-18(31)20(21(30)34)29-22(35)28-17(11-19(32)33)13-5-7-15(8-6-13)23(25,26)27/h1-10,17,31H,11-12H2,(H,32,33)(H2,28,29,35)/t17-/m0/s1. The van der Waals surface area contributed by atoms with Crippen molar-refractivity contribution in [2.45, 2.75) is 25.2 Å². The van der Waals surface area contributed by atoms with Crippen LogP contribution in [0.2, 0.25) is 5.02 Å². The van der Waals surface area contributed by atoms with E-state index < -0.39 is 53.2 Å². The monoisotopic (exact) mass is 509 g/mol. The number of halogens is 4. The summed E-state index contributed by atoms with van der Waals surface area (Å²) in [5.74, 6) is -1.86. The van der Waals surface area contributed by atoms with E-state index in [0.717, 1.165) is 24.3 Å². The van der Waals surface area contributed by atoms with Crippen LogP contribution in [-0.2, 0) is 17.5 Å². The summed E-state index contributed by atoms with van der Waals surface area (Å²) in [5, 5.41) is 24.2. The number of nitrogens with one attached hydrogen (secondary N) is 2. The number of carbonyl (C=O) groups excluding carboxylic acids is 1. The van der Waals surface area contributed by atoms with Crippen molar-refractivity contribution in [1.29, 1.82) is 0 Å². The van der Waals surface area contributed by atoms with E-state index in [9.17, 15) is 32.7 Å². The summed E-state index contributed by atoms with van der Waals surface area (Å²) >= 11 is 6.12. The van der Waals surface area contributed by atoms with Crippen LogP contribution in [0.5, 0.6) is 5.75 Å². The van der Waals surface area contributed by atoms with Crippen LogP contribution in [0.4, 0.5) is 23.7 Å². The minimum atomic E-state index is -4.58. The molecule has 0 spiro atoms. The maximum Gasteiger partial charge on any atom is 0.416 e. The van der Waals surface area contributed by atoms with E-state index in [4.69, 9.17) is 16.7 Å². The lowest BCUT2D eigenvalue weighted by Crippen LogP contribution is -2.36. The highest BCUT2D eigenvalue weighted by molar-refractivity contribution is 6.31. The Hall–Kier alpha value is -3.99. The summed E-state index contributed by atoms with van der Waals surface area (Å²) in [5.41, 5.74) is -1.46. The van der Waals surface area contributed by atoms with Gasteiger partial charge in [-0.3, -0.25) is 9.59 Å². The molecular weight excluding hydrogens is 491 g/mol. The average Bonchev–Trinajstić information content (AvgIpc) is 2.78. The predicted octanol–water partition coefficient (Wildman–Crippen LogP) is 4.61. The molecule has 1 aromatic heterocycles. The van der Waals surface area contributed by atoms with Gasteiger partial charge in [-0.15, -0.1) is 0 Å². The van der Waals surface area contributed by atoms with E-state index in [0.29, 0.717) is 10.6 Å². The number of anilines is 1. The van der Waals surface area contributed by atoms with Gasteiger partial charge in [0, 0.05) is 11.2 Å². The van der Waals surface area contributed by atoms with Crippen LogP contribution in [-0.4, -0.2) is 26.8 Å². The predicted molar refractivity (Wildman–Crippen MR) is 122 cm³/mol. The highest BCUT2D eigenvalue weighted by atomic mass is 35.5. The molecule has 0 bridgehead atoms. The number of aromatic hydroxyl groups is 1. The molecule has 8 nitrogen and oxygen atoms in total. The molecule has 1 heterocycles. The number of carboxylic acid groups (broad SMARTS) is 1. The van der Waals surface area contributed by atoms with Gasteiger partial charge in [0.05, 0.1) is 24.6 Å². The van der Waals surface area contributed by atoms with Gasteiger partial charge in [-0.05, 0) is 35.4 Å². The van der Waals surface area contributed by atoms with Crippen LogP contribution in [0.25, 0.3) is 0 Å². The van der Waals surface area contributed by atoms with Crippen LogP contribution >= 0.6 is 11.6 Å². The van der Waals surface area contributed by atoms with Gasteiger partial charge in [0.1, 0.15) is 5.75 Å². The summed E-state index contributed by atoms with van der Waals surface area (Å²) in [6.07, 6.45) is -3.92. The summed E-state index contributed by atoms with van der Waals surface area (Å²) in [6, 6.07) is 9.32. The number of rotatable bonds is 7. The number of nitrogens with zero attached hydrogens (tertiary/aromatic N) is 1. The van der Waals surface area contributed by atoms with Crippen molar-refractivity contribution in [3.63, 3.8) is 0 Å². The van der Waals surface area contributed by atoms with E-state index in [2.05, 4.69) is 10.6 Å². The maximum atomic E-state index is 12.8. The van der Waals surface area contributed by atoms with Crippen LogP contribution in [0.15, 0.2) is 65.6 Å². The highest BCUT2D eigenvalue weighted by Gasteiger charge is 2.30. The SMILES string of the molecule is O=C(O)C[C@H](NC(=O)Nc1c(O)ccn(Cc2ccccc2Cl)c1=O)c1ccc(C(F)(F)F)cc1. The molecule has 0 saturated carbocycles. The molecular formula is C23H19ClF3N3O5. The highest BCUT2D eigenvalue weighted by Crippen LogP contribution is 2.30. The molecule has 35 heavy (non-hydrogen) atoms. The first-order chi connectivity index (χ1) is 16.5. The number of aliphatic carboxylic acids is 1. The Labute approximate surface area is 201 Å². The van der Waals surface area contributed by atoms with Crippen molar-refractivity contribution in [2.75, 3.05) is 5.32 Å². The van der Waals surface area contributed by atoms with Crippen LogP contribution in [0.1, 0.15) is 29.2 Å². The molecule has 0 radical (unpaired) electrons. The van der Waals surface area contributed by atoms with Gasteiger partial charge in [0.15, 0.2) is 5.69 Å². The molecule has 3 rings (SSSR count). The van der Waals surface area contributed by atoms with Crippen LogP contribution in [0, 0.1) is 0 Å². The topological polar surface area (TPSA) is 121 Å². The van der Waals surface area contributed by atoms with Crippen molar-refractivity contribution in [1.82, 2.24) is 9.88 Å². The largest absolute Gasteiger partial charge is 0.505 e. The van der Waals surface area contributed by atoms with Crippen molar-refractivity contribution in [2.24, 2.45) is 0 Å². The lowest BCUT2D eigenvalue weighted by atomic mass is 10.0. The molecule has 0 unspecified atom stereocenters. The molecule has 3 aromatic rings. The number of alkyl halides is 3. The second-order valence-corrected chi connectivity index (χ2v) is 7.88. The Morgan fingerprint density at radius 2 is 1.71 bits per heavy atom. The molecule has 184 valence electrons. The first kappa shape index (κ1) is 25.6. The molecule has 1 atom stereocenters. The van der Waals surface area contributed by atoms with Gasteiger partial charge in [-0.1, -0.05) is 41.9 Å². The van der Waals surface area contributed by atoms with Gasteiger partial charge in [-0.2, -0.15) is 13.2 Å². The van der Waals surface area contributed by atoms with E-state index in [1.165, 1.54) is 16.8 Å². The van der Waals surface area contributed by atoms with Crippen LogP contribution in [0.3, 0.4) is 0 Å². The molecule has 4 N–H and O–H groups in total. The van der Waals surface area contributed by atoms with E-state index in [-0.39, 0.29) is 12.1 Å². The quantitative estimate of drug-likeness (QED) is 0.370. The Kier molecular flexibility index (Phi) is 7.70. The number of urea groups is 1. The first-order valence-corrected chi connectivity index (χ1v) is 10.5. The van der Waals surface area contributed by atoms with E-state index >= 15 is 0 Å². The third kappa shape index (κ3) is 6.54. The number of pyridine rings is 1. The van der Waals surface area contributed by atoms with E-state index in [1.807, 2.05) is 0 Å². The smallest absolute Gasteiger partial charge is 0.416 e. The average molecular weight is 510 g/mol. The number of hydrogen-bond donors (Lipinski definition) is 4. The number of amides is 2. The van der Waals surface area contributed by atoms with Gasteiger partial charge in [0.25, 0.3) is 5.56 Å². The van der Waals surface area contributed by atoms with Crippen molar-refractivity contribution < 1.29 is 33.0 Å². The van der Waals surface area contributed by atoms with Crippen molar-refractivity contribution >= 4 is 29.3 Å². The molecule has 2 aromatic carbocycles. The number of aromatic nitrogens is 1. The van der Waals surface area contributed by atoms with Crippen molar-refractivity contribution in [3.8, 4) is 5.75 Å². The second-order valence-electron chi connectivity index (χ2n) is 7.47. The second kappa shape index (κ2) is 10.5. The zero-order valence-electron chi connectivity index (χ0n) is 17.8. The summed E-state index contributed by atoms with van der Waals surface area (Å²) in [4.78, 5) is 36.6. The fourth-order valence-corrected chi connectivity index (χ4v) is 3.45. The normalized spacial score (nSPS) is 12.1. The zero-order valence-corrected chi connectivity index (χ0v) is 18.6. The van der Waals surface area contributed by atoms with Gasteiger partial charge in [0.2, 0.25) is 0 Å².